The molecule has 1 rings (SSSR count). The van der Waals surface area contributed by atoms with Gasteiger partial charge < -0.3 is 15.6 Å². The van der Waals surface area contributed by atoms with E-state index in [-0.39, 0.29) is 5.91 Å². The van der Waals surface area contributed by atoms with Gasteiger partial charge in [-0.1, -0.05) is 32.1 Å². The molecule has 0 saturated heterocycles. The normalized spacial score (nSPS) is 11.4. The van der Waals surface area contributed by atoms with Gasteiger partial charge in [0.2, 0.25) is 5.91 Å². The zero-order valence-electron chi connectivity index (χ0n) is 14.0. The standard InChI is InChI=1S/C18H27N3O/c1-5-14(6-2)18(19)15-9-11-16(12-10-15)20-17(22)8-7-13-21(3)4/h7-12,14,19H,5-6,13H2,1-4H3,(H,20,22). The molecule has 0 aliphatic heterocycles. The molecular weight excluding hydrogens is 274 g/mol. The molecular formula is C18H27N3O. The van der Waals surface area contributed by atoms with Crippen molar-refractivity contribution in [2.75, 3.05) is 26.0 Å². The monoisotopic (exact) mass is 301 g/mol. The number of anilines is 1. The number of amides is 1. The summed E-state index contributed by atoms with van der Waals surface area (Å²) in [5.41, 5.74) is 2.35. The highest BCUT2D eigenvalue weighted by Crippen LogP contribution is 2.17. The average molecular weight is 301 g/mol. The fourth-order valence-electron chi connectivity index (χ4n) is 2.22. The Labute approximate surface area is 133 Å². The number of nitrogens with zero attached hydrogens (tertiary/aromatic N) is 1. The molecule has 0 aliphatic rings. The smallest absolute Gasteiger partial charge is 0.248 e. The van der Waals surface area contributed by atoms with Crippen molar-refractivity contribution >= 4 is 17.3 Å². The Morgan fingerprint density at radius 1 is 1.23 bits per heavy atom. The maximum atomic E-state index is 11.8. The number of carbonyl (C=O) groups is 1. The number of nitrogens with one attached hydrogen (secondary N) is 2. The quantitative estimate of drug-likeness (QED) is 0.570. The first kappa shape index (κ1) is 18.1. The van der Waals surface area contributed by atoms with Gasteiger partial charge in [-0.05, 0) is 44.6 Å². The van der Waals surface area contributed by atoms with E-state index < -0.39 is 0 Å². The lowest BCUT2D eigenvalue weighted by molar-refractivity contribution is -0.111. The molecule has 0 bridgehead atoms. The minimum Gasteiger partial charge on any atom is -0.323 e. The number of hydrogen-bond donors (Lipinski definition) is 2. The number of benzene rings is 1. The number of hydrogen-bond acceptors (Lipinski definition) is 3. The van der Waals surface area contributed by atoms with Gasteiger partial charge in [-0.3, -0.25) is 4.79 Å². The van der Waals surface area contributed by atoms with Gasteiger partial charge in [-0.25, -0.2) is 0 Å². The number of carbonyl (C=O) groups excluding carboxylic acids is 1. The van der Waals surface area contributed by atoms with Crippen LogP contribution in [0.3, 0.4) is 0 Å². The van der Waals surface area contributed by atoms with E-state index in [0.29, 0.717) is 11.6 Å². The third-order valence-electron chi connectivity index (χ3n) is 3.60. The maximum absolute atomic E-state index is 11.8. The first-order valence-electron chi connectivity index (χ1n) is 7.79. The summed E-state index contributed by atoms with van der Waals surface area (Å²) in [6.45, 7) is 4.95. The van der Waals surface area contributed by atoms with Gasteiger partial charge >= 0.3 is 0 Å². The van der Waals surface area contributed by atoms with Crippen LogP contribution < -0.4 is 5.32 Å². The van der Waals surface area contributed by atoms with E-state index in [2.05, 4.69) is 19.2 Å². The maximum Gasteiger partial charge on any atom is 0.248 e. The summed E-state index contributed by atoms with van der Waals surface area (Å²) in [5.74, 6) is 0.166. The Kier molecular flexibility index (Phi) is 7.54. The second kappa shape index (κ2) is 9.15. The molecule has 4 nitrogen and oxygen atoms in total. The summed E-state index contributed by atoms with van der Waals surface area (Å²) in [6.07, 6.45) is 5.32. The molecule has 1 amide bonds. The van der Waals surface area contributed by atoms with Crippen LogP contribution in [0.2, 0.25) is 0 Å². The molecule has 2 N–H and O–H groups in total. The van der Waals surface area contributed by atoms with Crippen molar-refractivity contribution in [3.63, 3.8) is 0 Å². The molecule has 0 radical (unpaired) electrons. The van der Waals surface area contributed by atoms with E-state index in [1.54, 1.807) is 6.08 Å². The van der Waals surface area contributed by atoms with Crippen LogP contribution in [0.25, 0.3) is 0 Å². The van der Waals surface area contributed by atoms with Crippen molar-refractivity contribution in [2.24, 2.45) is 5.92 Å². The Morgan fingerprint density at radius 3 is 2.32 bits per heavy atom. The fraction of sp³-hybridized carbons (Fsp3) is 0.444. The van der Waals surface area contributed by atoms with Crippen LogP contribution in [-0.4, -0.2) is 37.2 Å². The Morgan fingerprint density at radius 2 is 1.82 bits per heavy atom. The van der Waals surface area contributed by atoms with Crippen LogP contribution in [0.4, 0.5) is 5.69 Å². The first-order chi connectivity index (χ1) is 10.5. The zero-order chi connectivity index (χ0) is 16.5. The Balaban J connectivity index is 2.63. The molecule has 0 saturated carbocycles. The van der Waals surface area contributed by atoms with E-state index in [0.717, 1.165) is 30.6 Å². The van der Waals surface area contributed by atoms with E-state index >= 15 is 0 Å². The Bertz CT molecular complexity index is 514. The second-order valence-corrected chi connectivity index (χ2v) is 5.66. The van der Waals surface area contributed by atoms with Crippen molar-refractivity contribution < 1.29 is 4.79 Å². The van der Waals surface area contributed by atoms with Crippen molar-refractivity contribution in [3.8, 4) is 0 Å². The van der Waals surface area contributed by atoms with Crippen LogP contribution >= 0.6 is 0 Å². The van der Waals surface area contributed by atoms with Gasteiger partial charge in [0.1, 0.15) is 0 Å². The largest absolute Gasteiger partial charge is 0.323 e. The van der Waals surface area contributed by atoms with Crippen LogP contribution in [0.5, 0.6) is 0 Å². The lowest BCUT2D eigenvalue weighted by atomic mass is 9.92. The summed E-state index contributed by atoms with van der Waals surface area (Å²) in [4.78, 5) is 13.7. The molecule has 22 heavy (non-hydrogen) atoms. The van der Waals surface area contributed by atoms with Crippen molar-refractivity contribution in [1.82, 2.24) is 4.90 Å². The van der Waals surface area contributed by atoms with Crippen LogP contribution in [-0.2, 0) is 4.79 Å². The summed E-state index contributed by atoms with van der Waals surface area (Å²) in [7, 11) is 3.91. The van der Waals surface area contributed by atoms with E-state index in [9.17, 15) is 4.79 Å². The topological polar surface area (TPSA) is 56.2 Å². The van der Waals surface area contributed by atoms with Crippen molar-refractivity contribution in [3.05, 3.63) is 42.0 Å². The molecule has 1 aromatic rings. The number of likely N-dealkylation sites (N-methyl/N-ethyl adjacent to an activating group) is 1. The highest BCUT2D eigenvalue weighted by Gasteiger charge is 2.12. The molecule has 120 valence electrons. The van der Waals surface area contributed by atoms with E-state index in [4.69, 9.17) is 5.41 Å². The van der Waals surface area contributed by atoms with Crippen molar-refractivity contribution in [1.29, 1.82) is 5.41 Å². The highest BCUT2D eigenvalue weighted by atomic mass is 16.1. The van der Waals surface area contributed by atoms with Gasteiger partial charge in [0, 0.05) is 29.9 Å². The summed E-state index contributed by atoms with van der Waals surface area (Å²) < 4.78 is 0. The van der Waals surface area contributed by atoms with Gasteiger partial charge in [0.25, 0.3) is 0 Å². The summed E-state index contributed by atoms with van der Waals surface area (Å²) in [5, 5.41) is 11.1. The molecule has 0 aliphatic carbocycles. The minimum atomic E-state index is -0.135. The molecule has 0 fully saturated rings. The molecule has 0 spiro atoms. The minimum absolute atomic E-state index is 0.135. The molecule has 0 heterocycles. The third kappa shape index (κ3) is 5.82. The highest BCUT2D eigenvalue weighted by molar-refractivity contribution is 6.01. The predicted octanol–water partition coefficient (Wildman–Crippen LogP) is 3.55. The van der Waals surface area contributed by atoms with Crippen LogP contribution in [0, 0.1) is 11.3 Å². The summed E-state index contributed by atoms with van der Waals surface area (Å²) >= 11 is 0. The first-order valence-corrected chi connectivity index (χ1v) is 7.79. The van der Waals surface area contributed by atoms with Gasteiger partial charge in [0.15, 0.2) is 0 Å². The molecule has 0 aromatic heterocycles. The van der Waals surface area contributed by atoms with Crippen LogP contribution in [0.1, 0.15) is 32.3 Å². The van der Waals surface area contributed by atoms with E-state index in [1.807, 2.05) is 49.3 Å². The van der Waals surface area contributed by atoms with Gasteiger partial charge in [-0.2, -0.15) is 0 Å². The second-order valence-electron chi connectivity index (χ2n) is 5.66. The predicted molar refractivity (Wildman–Crippen MR) is 93.7 cm³/mol. The molecule has 0 unspecified atom stereocenters. The Hall–Kier alpha value is -1.94. The van der Waals surface area contributed by atoms with E-state index in [1.165, 1.54) is 0 Å². The SMILES string of the molecule is CCC(CC)C(=N)c1ccc(NC(=O)C=CCN(C)C)cc1. The zero-order valence-corrected chi connectivity index (χ0v) is 14.0. The third-order valence-corrected chi connectivity index (χ3v) is 3.60. The molecule has 1 aromatic carbocycles. The lowest BCUT2D eigenvalue weighted by Crippen LogP contribution is -2.14. The van der Waals surface area contributed by atoms with Crippen LogP contribution in [0.15, 0.2) is 36.4 Å². The molecule has 4 heteroatoms. The summed E-state index contributed by atoms with van der Waals surface area (Å²) in [6, 6.07) is 7.51. The van der Waals surface area contributed by atoms with Gasteiger partial charge in [-0.15, -0.1) is 0 Å². The molecule has 0 atom stereocenters. The fourth-order valence-corrected chi connectivity index (χ4v) is 2.22. The average Bonchev–Trinajstić information content (AvgIpc) is 2.48. The lowest BCUT2D eigenvalue weighted by Gasteiger charge is -2.14. The number of rotatable bonds is 8. The van der Waals surface area contributed by atoms with Gasteiger partial charge in [0.05, 0.1) is 0 Å². The van der Waals surface area contributed by atoms with Crippen molar-refractivity contribution in [2.45, 2.75) is 26.7 Å².